The molecule has 0 saturated heterocycles. The minimum absolute atomic E-state index is 0.0390. The van der Waals surface area contributed by atoms with Crippen LogP contribution in [0, 0.1) is 18.3 Å². The van der Waals surface area contributed by atoms with Crippen LogP contribution in [-0.4, -0.2) is 18.7 Å². The molecule has 1 aliphatic rings. The van der Waals surface area contributed by atoms with Crippen LogP contribution in [0.2, 0.25) is 0 Å². The van der Waals surface area contributed by atoms with E-state index in [-0.39, 0.29) is 5.92 Å². The van der Waals surface area contributed by atoms with E-state index in [1.165, 1.54) is 5.57 Å². The van der Waals surface area contributed by atoms with Crippen LogP contribution in [0.3, 0.4) is 0 Å². The van der Waals surface area contributed by atoms with Crippen molar-refractivity contribution in [3.63, 3.8) is 0 Å². The van der Waals surface area contributed by atoms with Crippen molar-refractivity contribution in [1.29, 1.82) is 5.26 Å². The standard InChI is InChI=1S/C22H25N3O2/c1-6-16-14(4)25-21-13(3)12-24-22(27-7-2)20(21)19(16)17-9-8-15(11-23)10-18(17)26-5/h8-10,12,19,25H,6-7H2,1-5H3. The van der Waals surface area contributed by atoms with E-state index in [4.69, 9.17) is 9.47 Å². The van der Waals surface area contributed by atoms with E-state index in [1.54, 1.807) is 13.2 Å². The number of hydrogen-bond donors (Lipinski definition) is 1. The zero-order chi connectivity index (χ0) is 19.6. The fourth-order valence-electron chi connectivity index (χ4n) is 3.78. The van der Waals surface area contributed by atoms with Gasteiger partial charge >= 0.3 is 0 Å². The second-order valence-electron chi connectivity index (χ2n) is 6.60. The second-order valence-corrected chi connectivity index (χ2v) is 6.60. The maximum absolute atomic E-state index is 9.25. The first-order valence-corrected chi connectivity index (χ1v) is 9.22. The number of nitrogens with zero attached hydrogens (tertiary/aromatic N) is 2. The predicted molar refractivity (Wildman–Crippen MR) is 106 cm³/mol. The Morgan fingerprint density at radius 1 is 1.26 bits per heavy atom. The van der Waals surface area contributed by atoms with Crippen molar-refractivity contribution in [2.24, 2.45) is 0 Å². The number of allylic oxidation sites excluding steroid dienone is 2. The van der Waals surface area contributed by atoms with Crippen molar-refractivity contribution in [2.45, 2.75) is 40.0 Å². The zero-order valence-corrected chi connectivity index (χ0v) is 16.5. The zero-order valence-electron chi connectivity index (χ0n) is 16.5. The number of fused-ring (bicyclic) bond motifs is 1. The summed E-state index contributed by atoms with van der Waals surface area (Å²) in [6.45, 7) is 8.81. The number of pyridine rings is 1. The number of anilines is 1. The molecule has 0 bridgehead atoms. The first-order valence-electron chi connectivity index (χ1n) is 9.22. The fraction of sp³-hybridized carbons (Fsp3) is 0.364. The molecule has 0 aliphatic carbocycles. The largest absolute Gasteiger partial charge is 0.496 e. The molecule has 5 nitrogen and oxygen atoms in total. The van der Waals surface area contributed by atoms with Gasteiger partial charge in [0.25, 0.3) is 0 Å². The van der Waals surface area contributed by atoms with E-state index in [1.807, 2.05) is 32.2 Å². The van der Waals surface area contributed by atoms with Gasteiger partial charge in [-0.1, -0.05) is 13.0 Å². The van der Waals surface area contributed by atoms with E-state index in [0.29, 0.717) is 23.8 Å². The molecule has 1 aromatic carbocycles. The molecule has 2 aromatic rings. The Hall–Kier alpha value is -3.00. The van der Waals surface area contributed by atoms with E-state index >= 15 is 0 Å². The summed E-state index contributed by atoms with van der Waals surface area (Å²) in [5.41, 5.74) is 7.14. The lowest BCUT2D eigenvalue weighted by molar-refractivity contribution is 0.322. The van der Waals surface area contributed by atoms with Gasteiger partial charge < -0.3 is 14.8 Å². The number of methoxy groups -OCH3 is 1. The van der Waals surface area contributed by atoms with Crippen LogP contribution in [0.4, 0.5) is 5.69 Å². The van der Waals surface area contributed by atoms with Gasteiger partial charge in [0, 0.05) is 28.9 Å². The quantitative estimate of drug-likeness (QED) is 0.817. The number of rotatable bonds is 5. The van der Waals surface area contributed by atoms with Gasteiger partial charge in [0.2, 0.25) is 5.88 Å². The molecular weight excluding hydrogens is 338 g/mol. The topological polar surface area (TPSA) is 67.2 Å². The van der Waals surface area contributed by atoms with Crippen LogP contribution < -0.4 is 14.8 Å². The molecule has 27 heavy (non-hydrogen) atoms. The summed E-state index contributed by atoms with van der Waals surface area (Å²) in [6.07, 6.45) is 2.72. The maximum atomic E-state index is 9.25. The van der Waals surface area contributed by atoms with Crippen molar-refractivity contribution in [3.8, 4) is 17.7 Å². The summed E-state index contributed by atoms with van der Waals surface area (Å²) in [6, 6.07) is 7.80. The molecule has 0 saturated carbocycles. The second kappa shape index (κ2) is 7.71. The molecule has 5 heteroatoms. The summed E-state index contributed by atoms with van der Waals surface area (Å²) in [4.78, 5) is 4.56. The van der Waals surface area contributed by atoms with Gasteiger partial charge in [-0.15, -0.1) is 0 Å². The number of aryl methyl sites for hydroxylation is 1. The highest BCUT2D eigenvalue weighted by molar-refractivity contribution is 5.72. The third kappa shape index (κ3) is 3.23. The van der Waals surface area contributed by atoms with Crippen LogP contribution in [0.5, 0.6) is 11.6 Å². The molecule has 1 atom stereocenters. The average Bonchev–Trinajstić information content (AvgIpc) is 2.69. The third-order valence-electron chi connectivity index (χ3n) is 5.04. The van der Waals surface area contributed by atoms with Crippen LogP contribution >= 0.6 is 0 Å². The number of hydrogen-bond acceptors (Lipinski definition) is 5. The summed E-state index contributed by atoms with van der Waals surface area (Å²) >= 11 is 0. The molecule has 3 rings (SSSR count). The summed E-state index contributed by atoms with van der Waals surface area (Å²) in [5, 5.41) is 12.8. The molecular formula is C22H25N3O2. The number of ether oxygens (including phenoxy) is 2. The van der Waals surface area contributed by atoms with E-state index in [2.05, 4.69) is 30.2 Å². The highest BCUT2D eigenvalue weighted by atomic mass is 16.5. The highest BCUT2D eigenvalue weighted by Gasteiger charge is 2.33. The van der Waals surface area contributed by atoms with Crippen LogP contribution in [0.25, 0.3) is 0 Å². The van der Waals surface area contributed by atoms with Crippen molar-refractivity contribution < 1.29 is 9.47 Å². The number of nitriles is 1. The lowest BCUT2D eigenvalue weighted by Gasteiger charge is -2.33. The molecule has 0 fully saturated rings. The molecule has 1 aromatic heterocycles. The smallest absolute Gasteiger partial charge is 0.219 e. The number of aromatic nitrogens is 1. The predicted octanol–water partition coefficient (Wildman–Crippen LogP) is 4.91. The summed E-state index contributed by atoms with van der Waals surface area (Å²) < 4.78 is 11.5. The maximum Gasteiger partial charge on any atom is 0.219 e. The average molecular weight is 363 g/mol. The summed E-state index contributed by atoms with van der Waals surface area (Å²) in [5.74, 6) is 1.30. The van der Waals surface area contributed by atoms with Gasteiger partial charge in [0.05, 0.1) is 31.0 Å². The Kier molecular flexibility index (Phi) is 5.36. The Morgan fingerprint density at radius 3 is 2.67 bits per heavy atom. The fourth-order valence-corrected chi connectivity index (χ4v) is 3.78. The van der Waals surface area contributed by atoms with Crippen LogP contribution in [0.15, 0.2) is 35.7 Å². The Morgan fingerprint density at radius 2 is 2.04 bits per heavy atom. The van der Waals surface area contributed by atoms with E-state index in [0.717, 1.165) is 34.5 Å². The Balaban J connectivity index is 2.32. The van der Waals surface area contributed by atoms with Gasteiger partial charge in [-0.25, -0.2) is 4.98 Å². The molecule has 0 amide bonds. The van der Waals surface area contributed by atoms with Crippen molar-refractivity contribution in [3.05, 3.63) is 57.9 Å². The molecule has 2 heterocycles. The summed E-state index contributed by atoms with van der Waals surface area (Å²) in [7, 11) is 1.64. The lowest BCUT2D eigenvalue weighted by Crippen LogP contribution is -2.20. The van der Waals surface area contributed by atoms with Crippen LogP contribution in [0.1, 0.15) is 55.4 Å². The van der Waals surface area contributed by atoms with Crippen molar-refractivity contribution >= 4 is 5.69 Å². The number of benzene rings is 1. The first-order chi connectivity index (χ1) is 13.0. The van der Waals surface area contributed by atoms with Gasteiger partial charge in [-0.3, -0.25) is 0 Å². The SMILES string of the molecule is CCOc1ncc(C)c2c1C(c1ccc(C#N)cc1OC)C(CC)=C(C)N2. The van der Waals surface area contributed by atoms with E-state index in [9.17, 15) is 5.26 Å². The molecule has 1 N–H and O–H groups in total. The van der Waals surface area contributed by atoms with Crippen molar-refractivity contribution in [2.75, 3.05) is 19.0 Å². The minimum atomic E-state index is -0.0390. The molecule has 0 radical (unpaired) electrons. The van der Waals surface area contributed by atoms with Crippen molar-refractivity contribution in [1.82, 2.24) is 4.98 Å². The van der Waals surface area contributed by atoms with E-state index < -0.39 is 0 Å². The van der Waals surface area contributed by atoms with Gasteiger partial charge in [-0.2, -0.15) is 5.26 Å². The van der Waals surface area contributed by atoms with Crippen LogP contribution in [-0.2, 0) is 0 Å². The first kappa shape index (κ1) is 18.8. The molecule has 140 valence electrons. The molecule has 1 aliphatic heterocycles. The van der Waals surface area contributed by atoms with Gasteiger partial charge in [-0.05, 0) is 50.5 Å². The lowest BCUT2D eigenvalue weighted by atomic mass is 9.79. The minimum Gasteiger partial charge on any atom is -0.496 e. The Bertz CT molecular complexity index is 941. The number of nitrogens with one attached hydrogen (secondary N) is 1. The monoisotopic (exact) mass is 363 g/mol. The molecule has 0 spiro atoms. The Labute approximate surface area is 160 Å². The molecule has 1 unspecified atom stereocenters. The van der Waals surface area contributed by atoms with Gasteiger partial charge in [0.1, 0.15) is 5.75 Å². The normalized spacial score (nSPS) is 15.6. The highest BCUT2D eigenvalue weighted by Crippen LogP contribution is 2.49. The van der Waals surface area contributed by atoms with Gasteiger partial charge in [0.15, 0.2) is 0 Å². The third-order valence-corrected chi connectivity index (χ3v) is 5.04.